The van der Waals surface area contributed by atoms with Crippen molar-refractivity contribution in [2.24, 2.45) is 0 Å². The molecule has 9 heteroatoms. The van der Waals surface area contributed by atoms with Crippen LogP contribution in [-0.2, 0) is 6.54 Å². The van der Waals surface area contributed by atoms with Gasteiger partial charge in [0.05, 0.1) is 0 Å². The minimum Gasteiger partial charge on any atom is -0.486 e. The van der Waals surface area contributed by atoms with Crippen LogP contribution >= 0.6 is 11.8 Å². The van der Waals surface area contributed by atoms with E-state index in [2.05, 4.69) is 39.6 Å². The van der Waals surface area contributed by atoms with Crippen molar-refractivity contribution < 1.29 is 9.47 Å². The number of anilines is 1. The van der Waals surface area contributed by atoms with Gasteiger partial charge in [-0.25, -0.2) is 15.0 Å². The van der Waals surface area contributed by atoms with Crippen LogP contribution in [0, 0.1) is 12.3 Å². The van der Waals surface area contributed by atoms with Crippen LogP contribution in [0.4, 0.5) is 5.82 Å². The summed E-state index contributed by atoms with van der Waals surface area (Å²) < 4.78 is 13.4. The number of nitrogens with two attached hydrogens (primary N) is 1. The number of nitrogens with zero attached hydrogens (tertiary/aromatic N) is 4. The van der Waals surface area contributed by atoms with E-state index in [0.29, 0.717) is 47.7 Å². The topological polar surface area (TPSA) is 100 Å². The first kappa shape index (κ1) is 20.3. The molecule has 3 heterocycles. The Morgan fingerprint density at radius 1 is 1.27 bits per heavy atom. The molecule has 0 aliphatic carbocycles. The van der Waals surface area contributed by atoms with Crippen LogP contribution in [0.3, 0.4) is 0 Å². The van der Waals surface area contributed by atoms with Crippen molar-refractivity contribution in [3.8, 4) is 23.8 Å². The van der Waals surface area contributed by atoms with Crippen molar-refractivity contribution >= 4 is 28.7 Å². The van der Waals surface area contributed by atoms with E-state index in [1.54, 1.807) is 0 Å². The average molecular weight is 425 g/mol. The van der Waals surface area contributed by atoms with Gasteiger partial charge >= 0.3 is 0 Å². The third kappa shape index (κ3) is 4.15. The van der Waals surface area contributed by atoms with Crippen molar-refractivity contribution in [2.75, 3.05) is 25.5 Å². The second-order valence-electron chi connectivity index (χ2n) is 7.18. The van der Waals surface area contributed by atoms with E-state index in [4.69, 9.17) is 26.6 Å². The summed E-state index contributed by atoms with van der Waals surface area (Å²) in [5.41, 5.74) is 8.09. The van der Waals surface area contributed by atoms with Crippen LogP contribution in [0.1, 0.15) is 25.8 Å². The first-order valence-electron chi connectivity index (χ1n) is 9.85. The van der Waals surface area contributed by atoms with Gasteiger partial charge in [-0.3, -0.25) is 0 Å². The van der Waals surface area contributed by atoms with E-state index in [0.717, 1.165) is 35.1 Å². The molecule has 156 valence electrons. The third-order valence-electron chi connectivity index (χ3n) is 4.64. The van der Waals surface area contributed by atoms with E-state index in [-0.39, 0.29) is 0 Å². The molecule has 0 bridgehead atoms. The van der Waals surface area contributed by atoms with Crippen molar-refractivity contribution in [3.63, 3.8) is 0 Å². The van der Waals surface area contributed by atoms with Gasteiger partial charge in [0.15, 0.2) is 33.6 Å². The largest absolute Gasteiger partial charge is 0.486 e. The lowest BCUT2D eigenvalue weighted by atomic mass is 10.2. The second kappa shape index (κ2) is 8.81. The van der Waals surface area contributed by atoms with Crippen molar-refractivity contribution in [1.29, 1.82) is 0 Å². The van der Waals surface area contributed by atoms with Crippen molar-refractivity contribution in [3.05, 3.63) is 24.0 Å². The van der Waals surface area contributed by atoms with Gasteiger partial charge in [0.2, 0.25) is 0 Å². The Morgan fingerprint density at radius 2 is 2.03 bits per heavy atom. The molecule has 0 unspecified atom stereocenters. The minimum atomic E-state index is 0.361. The first-order chi connectivity index (χ1) is 14.6. The Kier molecular flexibility index (Phi) is 5.97. The molecular weight excluding hydrogens is 400 g/mol. The molecule has 30 heavy (non-hydrogen) atoms. The van der Waals surface area contributed by atoms with Crippen LogP contribution < -0.4 is 20.5 Å². The maximum atomic E-state index is 6.06. The fourth-order valence-electron chi connectivity index (χ4n) is 3.21. The number of fused-ring (bicyclic) bond motifs is 2. The van der Waals surface area contributed by atoms with Crippen molar-refractivity contribution in [2.45, 2.75) is 42.9 Å². The van der Waals surface area contributed by atoms with Crippen LogP contribution in [0.5, 0.6) is 11.5 Å². The molecule has 3 aromatic rings. The highest BCUT2D eigenvalue weighted by atomic mass is 32.2. The quantitative estimate of drug-likeness (QED) is 0.441. The third-order valence-corrected chi connectivity index (χ3v) is 5.69. The summed E-state index contributed by atoms with van der Waals surface area (Å²) in [6.07, 6.45) is 8.15. The molecule has 0 saturated heterocycles. The van der Waals surface area contributed by atoms with E-state index in [1.165, 1.54) is 18.1 Å². The number of hydrogen-bond donors (Lipinski definition) is 2. The van der Waals surface area contributed by atoms with E-state index < -0.39 is 0 Å². The van der Waals surface area contributed by atoms with Gasteiger partial charge in [-0.15, -0.1) is 6.42 Å². The molecular formula is C21H24N6O2S. The van der Waals surface area contributed by atoms with Crippen LogP contribution in [-0.4, -0.2) is 45.3 Å². The average Bonchev–Trinajstić information content (AvgIpc) is 3.09. The number of nitrogen functional groups attached to an aromatic ring is 1. The number of imidazole rings is 1. The predicted octanol–water partition coefficient (Wildman–Crippen LogP) is 2.70. The Balaban J connectivity index is 1.69. The number of benzene rings is 1. The summed E-state index contributed by atoms with van der Waals surface area (Å²) in [5.74, 6) is 4.45. The second-order valence-corrected chi connectivity index (χ2v) is 8.19. The summed E-state index contributed by atoms with van der Waals surface area (Å²) in [7, 11) is 0. The highest BCUT2D eigenvalue weighted by Gasteiger charge is 2.20. The lowest BCUT2D eigenvalue weighted by Crippen LogP contribution is -2.24. The number of hydrogen-bond acceptors (Lipinski definition) is 8. The summed E-state index contributed by atoms with van der Waals surface area (Å²) in [4.78, 5) is 14.1. The zero-order valence-corrected chi connectivity index (χ0v) is 17.8. The summed E-state index contributed by atoms with van der Waals surface area (Å²) in [6.45, 7) is 6.92. The number of aromatic nitrogens is 4. The molecule has 8 nitrogen and oxygen atoms in total. The van der Waals surface area contributed by atoms with E-state index >= 15 is 0 Å². The first-order valence-corrected chi connectivity index (χ1v) is 10.7. The lowest BCUT2D eigenvalue weighted by molar-refractivity contribution is 0.171. The normalized spacial score (nSPS) is 13.0. The highest BCUT2D eigenvalue weighted by Crippen LogP contribution is 2.40. The van der Waals surface area contributed by atoms with Gasteiger partial charge in [-0.2, -0.15) is 0 Å². The Morgan fingerprint density at radius 3 is 2.77 bits per heavy atom. The number of terminal acetylenes is 1. The summed E-state index contributed by atoms with van der Waals surface area (Å²) in [5, 5.41) is 4.19. The Labute approximate surface area is 179 Å². The van der Waals surface area contributed by atoms with Gasteiger partial charge in [-0.1, -0.05) is 31.5 Å². The summed E-state index contributed by atoms with van der Waals surface area (Å²) >= 11 is 1.47. The fraction of sp³-hybridized carbons (Fsp3) is 0.381. The van der Waals surface area contributed by atoms with Gasteiger partial charge in [-0.05, 0) is 19.0 Å². The number of ether oxygens (including phenoxy) is 2. The Bertz CT molecular complexity index is 1110. The van der Waals surface area contributed by atoms with Gasteiger partial charge in [0, 0.05) is 29.1 Å². The molecule has 1 aliphatic heterocycles. The molecule has 0 atom stereocenters. The molecule has 3 N–H and O–H groups in total. The minimum absolute atomic E-state index is 0.361. The predicted molar refractivity (Wildman–Crippen MR) is 117 cm³/mol. The van der Waals surface area contributed by atoms with Crippen LogP contribution in [0.15, 0.2) is 28.5 Å². The standard InChI is InChI=1S/C21H24N6O2S/c1-4-14-10-15-16(29-9-8-28-15)11-17(14)30-21-26-18-19(22)24-12-25-20(18)27(21)7-5-6-23-13(2)3/h1,10-13,23H,5-9H2,2-3H3,(H2,22,24,25). The molecule has 0 fully saturated rings. The molecule has 0 saturated carbocycles. The molecule has 2 aromatic heterocycles. The zero-order chi connectivity index (χ0) is 21.1. The highest BCUT2D eigenvalue weighted by molar-refractivity contribution is 7.99. The monoisotopic (exact) mass is 424 g/mol. The molecule has 1 aliphatic rings. The number of aryl methyl sites for hydroxylation is 1. The number of rotatable bonds is 7. The maximum absolute atomic E-state index is 6.06. The van der Waals surface area contributed by atoms with Gasteiger partial charge in [0.25, 0.3) is 0 Å². The molecule has 1 aromatic carbocycles. The number of nitrogens with one attached hydrogen (secondary N) is 1. The van der Waals surface area contributed by atoms with Gasteiger partial charge < -0.3 is 25.1 Å². The molecule has 4 rings (SSSR count). The van der Waals surface area contributed by atoms with Gasteiger partial charge in [0.1, 0.15) is 19.5 Å². The molecule has 0 amide bonds. The Hall–Kier alpha value is -2.96. The smallest absolute Gasteiger partial charge is 0.175 e. The van der Waals surface area contributed by atoms with Crippen molar-refractivity contribution in [1.82, 2.24) is 24.8 Å². The van der Waals surface area contributed by atoms with E-state index in [9.17, 15) is 0 Å². The molecule has 0 spiro atoms. The maximum Gasteiger partial charge on any atom is 0.175 e. The zero-order valence-electron chi connectivity index (χ0n) is 17.0. The summed E-state index contributed by atoms with van der Waals surface area (Å²) in [6, 6.07) is 4.19. The lowest BCUT2D eigenvalue weighted by Gasteiger charge is -2.20. The van der Waals surface area contributed by atoms with Crippen LogP contribution in [0.2, 0.25) is 0 Å². The fourth-order valence-corrected chi connectivity index (χ4v) is 4.22. The SMILES string of the molecule is C#Cc1cc2c(cc1Sc1nc3c(N)ncnc3n1CCCNC(C)C)OCCO2. The van der Waals surface area contributed by atoms with E-state index in [1.807, 2.05) is 12.1 Å². The van der Waals surface area contributed by atoms with Crippen LogP contribution in [0.25, 0.3) is 11.2 Å². The molecule has 0 radical (unpaired) electrons.